The zero-order valence-corrected chi connectivity index (χ0v) is 16.0. The van der Waals surface area contributed by atoms with Crippen LogP contribution in [0.3, 0.4) is 0 Å². The average molecular weight is 382 g/mol. The van der Waals surface area contributed by atoms with Crippen molar-refractivity contribution in [3.63, 3.8) is 0 Å². The van der Waals surface area contributed by atoms with Gasteiger partial charge in [-0.1, -0.05) is 30.8 Å². The number of benzene rings is 1. The van der Waals surface area contributed by atoms with Crippen molar-refractivity contribution in [3.05, 3.63) is 29.8 Å². The van der Waals surface area contributed by atoms with Gasteiger partial charge in [0, 0.05) is 17.0 Å². The normalized spacial score (nSPS) is 25.1. The Balaban J connectivity index is 1.54. The van der Waals surface area contributed by atoms with Crippen LogP contribution in [0.4, 0.5) is 5.69 Å². The number of nitrogens with one attached hydrogen (secondary N) is 2. The van der Waals surface area contributed by atoms with Crippen LogP contribution in [0.5, 0.6) is 0 Å². The van der Waals surface area contributed by atoms with Crippen LogP contribution in [-0.2, 0) is 21.1 Å². The van der Waals surface area contributed by atoms with Crippen LogP contribution in [0.15, 0.2) is 29.3 Å². The topological polar surface area (TPSA) is 87.6 Å². The Hall–Kier alpha value is -1.54. The molecule has 0 spiro atoms. The van der Waals surface area contributed by atoms with Crippen molar-refractivity contribution in [1.82, 2.24) is 5.32 Å². The zero-order chi connectivity index (χ0) is 18.0. The molecule has 2 aliphatic heterocycles. The summed E-state index contributed by atoms with van der Waals surface area (Å²) in [5, 5.41) is 7.00. The molecular formula is C17H23N3O3S2. The van der Waals surface area contributed by atoms with Gasteiger partial charge >= 0.3 is 0 Å². The minimum atomic E-state index is -2.92. The third-order valence-corrected chi connectivity index (χ3v) is 7.55. The third-order valence-electron chi connectivity index (χ3n) is 4.41. The van der Waals surface area contributed by atoms with Gasteiger partial charge in [-0.3, -0.25) is 9.79 Å². The molecule has 0 saturated carbocycles. The van der Waals surface area contributed by atoms with Crippen LogP contribution in [0, 0.1) is 0 Å². The van der Waals surface area contributed by atoms with Gasteiger partial charge in [-0.25, -0.2) is 8.42 Å². The summed E-state index contributed by atoms with van der Waals surface area (Å²) in [7, 11) is -2.92. The van der Waals surface area contributed by atoms with Crippen LogP contribution in [0.1, 0.15) is 25.8 Å². The van der Waals surface area contributed by atoms with E-state index in [1.807, 2.05) is 38.1 Å². The zero-order valence-electron chi connectivity index (χ0n) is 14.4. The molecule has 25 heavy (non-hydrogen) atoms. The van der Waals surface area contributed by atoms with E-state index in [0.29, 0.717) is 6.42 Å². The van der Waals surface area contributed by atoms with Crippen molar-refractivity contribution in [2.24, 2.45) is 4.99 Å². The molecule has 6 nitrogen and oxygen atoms in total. The first-order valence-electron chi connectivity index (χ1n) is 8.45. The maximum Gasteiger partial charge on any atom is 0.224 e. The Morgan fingerprint density at radius 1 is 1.32 bits per heavy atom. The summed E-state index contributed by atoms with van der Waals surface area (Å²) in [5.41, 5.74) is 1.84. The number of fused-ring (bicyclic) bond motifs is 1. The number of hydrogen-bond acceptors (Lipinski definition) is 6. The van der Waals surface area contributed by atoms with Gasteiger partial charge < -0.3 is 10.6 Å². The van der Waals surface area contributed by atoms with Gasteiger partial charge in [0.05, 0.1) is 24.0 Å². The van der Waals surface area contributed by atoms with E-state index in [4.69, 9.17) is 0 Å². The maximum absolute atomic E-state index is 11.9. The quantitative estimate of drug-likeness (QED) is 0.812. The summed E-state index contributed by atoms with van der Waals surface area (Å²) in [6.07, 6.45) is 1.28. The summed E-state index contributed by atoms with van der Waals surface area (Å²) < 4.78 is 23.2. The highest BCUT2D eigenvalue weighted by molar-refractivity contribution is 8.15. The molecule has 2 N–H and O–H groups in total. The molecule has 2 heterocycles. The van der Waals surface area contributed by atoms with E-state index in [1.165, 1.54) is 11.8 Å². The number of sulfone groups is 1. The first-order chi connectivity index (χ1) is 11.8. The highest BCUT2D eigenvalue weighted by Gasteiger charge is 2.42. The molecule has 2 aliphatic rings. The number of anilines is 1. The number of amides is 1. The Labute approximate surface area is 152 Å². The smallest absolute Gasteiger partial charge is 0.224 e. The summed E-state index contributed by atoms with van der Waals surface area (Å²) in [5.74, 6) is 0.390. The molecular weight excluding hydrogens is 358 g/mol. The van der Waals surface area contributed by atoms with Crippen molar-refractivity contribution in [3.8, 4) is 0 Å². The molecule has 0 unspecified atom stereocenters. The summed E-state index contributed by atoms with van der Waals surface area (Å²) >= 11 is 1.50. The number of rotatable bonds is 5. The lowest BCUT2D eigenvalue weighted by Gasteiger charge is -2.11. The predicted molar refractivity (Wildman–Crippen MR) is 103 cm³/mol. The lowest BCUT2D eigenvalue weighted by Crippen LogP contribution is -2.33. The Morgan fingerprint density at radius 3 is 2.68 bits per heavy atom. The highest BCUT2D eigenvalue weighted by Crippen LogP contribution is 2.34. The highest BCUT2D eigenvalue weighted by atomic mass is 32.2. The van der Waals surface area contributed by atoms with Gasteiger partial charge in [-0.15, -0.1) is 0 Å². The first kappa shape index (κ1) is 18.3. The number of carbonyl (C=O) groups is 1. The fraction of sp³-hybridized carbons (Fsp3) is 0.529. The van der Waals surface area contributed by atoms with Crippen molar-refractivity contribution in [2.75, 3.05) is 16.8 Å². The lowest BCUT2D eigenvalue weighted by atomic mass is 10.1. The molecule has 0 bridgehead atoms. The van der Waals surface area contributed by atoms with E-state index in [9.17, 15) is 13.2 Å². The summed E-state index contributed by atoms with van der Waals surface area (Å²) in [6, 6.07) is 7.74. The summed E-state index contributed by atoms with van der Waals surface area (Å²) in [4.78, 5) is 16.4. The Bertz CT molecular complexity index is 775. The van der Waals surface area contributed by atoms with E-state index in [1.54, 1.807) is 0 Å². The van der Waals surface area contributed by atoms with E-state index in [-0.39, 0.29) is 34.7 Å². The number of amidine groups is 1. The number of carbonyl (C=O) groups excluding carboxylic acids is 1. The van der Waals surface area contributed by atoms with Crippen molar-refractivity contribution in [1.29, 1.82) is 0 Å². The van der Waals surface area contributed by atoms with Crippen molar-refractivity contribution < 1.29 is 13.2 Å². The SMILES string of the molecule is CC[C@H](C)NC(=O)Cc1ccc(NC2=N[C@@H]3CS(=O)(=O)C[C@@H]3S2)cc1. The van der Waals surface area contributed by atoms with Crippen LogP contribution in [0.2, 0.25) is 0 Å². The fourth-order valence-electron chi connectivity index (χ4n) is 2.86. The molecule has 136 valence electrons. The predicted octanol–water partition coefficient (Wildman–Crippen LogP) is 1.82. The van der Waals surface area contributed by atoms with Crippen molar-refractivity contribution >= 4 is 38.4 Å². The van der Waals surface area contributed by atoms with Crippen LogP contribution >= 0.6 is 11.8 Å². The molecule has 0 radical (unpaired) electrons. The fourth-order valence-corrected chi connectivity index (χ4v) is 6.53. The second-order valence-corrected chi connectivity index (χ2v) is 9.99. The monoisotopic (exact) mass is 381 g/mol. The molecule has 1 fully saturated rings. The number of aliphatic imine (C=N–C) groups is 1. The van der Waals surface area contributed by atoms with Crippen molar-refractivity contribution in [2.45, 2.75) is 44.0 Å². The van der Waals surface area contributed by atoms with E-state index in [0.717, 1.165) is 22.8 Å². The van der Waals surface area contributed by atoms with Gasteiger partial charge in [0.2, 0.25) is 5.91 Å². The largest absolute Gasteiger partial charge is 0.353 e. The number of thioether (sulfide) groups is 1. The molecule has 1 saturated heterocycles. The van der Waals surface area contributed by atoms with Crippen LogP contribution in [-0.4, -0.2) is 48.3 Å². The maximum atomic E-state index is 11.9. The van der Waals surface area contributed by atoms with Gasteiger partial charge in [-0.2, -0.15) is 0 Å². The Kier molecular flexibility index (Phi) is 5.38. The molecule has 1 amide bonds. The van der Waals surface area contributed by atoms with E-state index in [2.05, 4.69) is 15.6 Å². The minimum absolute atomic E-state index is 0.0276. The molecule has 0 aromatic heterocycles. The average Bonchev–Trinajstić information content (AvgIpc) is 3.01. The summed E-state index contributed by atoms with van der Waals surface area (Å²) in [6.45, 7) is 4.03. The molecule has 8 heteroatoms. The standard InChI is InChI=1S/C17H23N3O3S2/c1-3-11(2)18-16(21)8-12-4-6-13(7-5-12)19-17-20-14-9-25(22,23)10-15(14)24-17/h4-7,11,14-15H,3,8-10H2,1-2H3,(H,18,21)(H,19,20)/t11-,14+,15-/m0/s1. The molecule has 3 rings (SSSR count). The van der Waals surface area contributed by atoms with E-state index >= 15 is 0 Å². The number of nitrogens with zero attached hydrogens (tertiary/aromatic N) is 1. The number of hydrogen-bond donors (Lipinski definition) is 2. The molecule has 1 aromatic rings. The third kappa shape index (κ3) is 4.76. The Morgan fingerprint density at radius 2 is 2.04 bits per heavy atom. The van der Waals surface area contributed by atoms with Crippen LogP contribution in [0.25, 0.3) is 0 Å². The van der Waals surface area contributed by atoms with Gasteiger partial charge in [0.25, 0.3) is 0 Å². The van der Waals surface area contributed by atoms with Gasteiger partial charge in [0.15, 0.2) is 15.0 Å². The minimum Gasteiger partial charge on any atom is -0.353 e. The van der Waals surface area contributed by atoms with Gasteiger partial charge in [-0.05, 0) is 31.0 Å². The molecule has 0 aliphatic carbocycles. The lowest BCUT2D eigenvalue weighted by molar-refractivity contribution is -0.121. The van der Waals surface area contributed by atoms with Crippen LogP contribution < -0.4 is 10.6 Å². The van der Waals surface area contributed by atoms with E-state index < -0.39 is 9.84 Å². The molecule has 3 atom stereocenters. The second-order valence-electron chi connectivity index (χ2n) is 6.61. The molecule has 1 aromatic carbocycles. The second kappa shape index (κ2) is 7.37. The first-order valence-corrected chi connectivity index (χ1v) is 11.1. The van der Waals surface area contributed by atoms with Gasteiger partial charge in [0.1, 0.15) is 0 Å².